The molecule has 2 aromatic heterocycles. The van der Waals surface area contributed by atoms with Crippen molar-refractivity contribution in [3.05, 3.63) is 41.7 Å². The summed E-state index contributed by atoms with van der Waals surface area (Å²) in [4.78, 5) is 4.56. The van der Waals surface area contributed by atoms with E-state index in [1.807, 2.05) is 22.9 Å². The highest BCUT2D eigenvalue weighted by atomic mass is 16.5. The van der Waals surface area contributed by atoms with Gasteiger partial charge < -0.3 is 14.5 Å². The van der Waals surface area contributed by atoms with Crippen molar-refractivity contribution in [1.82, 2.24) is 20.1 Å². The summed E-state index contributed by atoms with van der Waals surface area (Å²) in [7, 11) is 1.66. The molecule has 24 heavy (non-hydrogen) atoms. The molecule has 1 N–H and O–H groups in total. The van der Waals surface area contributed by atoms with Gasteiger partial charge in [0.05, 0.1) is 20.2 Å². The number of fused-ring (bicyclic) bond motifs is 2. The normalized spacial score (nSPS) is 17.2. The number of hydrogen-bond donors (Lipinski definition) is 1. The summed E-state index contributed by atoms with van der Waals surface area (Å²) in [5.74, 6) is 3.75. The van der Waals surface area contributed by atoms with E-state index in [4.69, 9.17) is 9.15 Å². The molecule has 1 unspecified atom stereocenters. The van der Waals surface area contributed by atoms with Gasteiger partial charge in [-0.3, -0.25) is 0 Å². The average Bonchev–Trinajstić information content (AvgIpc) is 3.22. The molecule has 0 bridgehead atoms. The van der Waals surface area contributed by atoms with Crippen LogP contribution in [-0.2, 0) is 25.9 Å². The van der Waals surface area contributed by atoms with Crippen LogP contribution >= 0.6 is 0 Å². The summed E-state index contributed by atoms with van der Waals surface area (Å²) in [5.41, 5.74) is 0.812. The Hall–Kier alpha value is -2.34. The van der Waals surface area contributed by atoms with E-state index in [9.17, 15) is 0 Å². The molecule has 6 nitrogen and oxygen atoms in total. The van der Waals surface area contributed by atoms with E-state index in [1.165, 1.54) is 0 Å². The highest BCUT2D eigenvalue weighted by Crippen LogP contribution is 2.28. The monoisotopic (exact) mass is 326 g/mol. The van der Waals surface area contributed by atoms with Gasteiger partial charge in [-0.25, -0.2) is 9.67 Å². The molecule has 126 valence electrons. The molecule has 0 fully saturated rings. The number of nitrogens with zero attached hydrogens (tertiary/aromatic N) is 3. The molecule has 3 heterocycles. The van der Waals surface area contributed by atoms with Crippen molar-refractivity contribution in [2.45, 2.75) is 45.3 Å². The van der Waals surface area contributed by atoms with Crippen LogP contribution in [0.2, 0.25) is 0 Å². The van der Waals surface area contributed by atoms with E-state index in [-0.39, 0.29) is 0 Å². The second kappa shape index (κ2) is 6.28. The maximum atomic E-state index is 5.95. The Kier molecular flexibility index (Phi) is 3.98. The van der Waals surface area contributed by atoms with Crippen molar-refractivity contribution in [2.75, 3.05) is 7.11 Å². The summed E-state index contributed by atoms with van der Waals surface area (Å²) in [6.45, 7) is 3.66. The van der Waals surface area contributed by atoms with Crippen LogP contribution in [-0.4, -0.2) is 27.9 Å². The molecule has 6 heteroatoms. The third-order valence-electron chi connectivity index (χ3n) is 4.56. The van der Waals surface area contributed by atoms with Crippen molar-refractivity contribution in [2.24, 2.45) is 0 Å². The maximum absolute atomic E-state index is 5.95. The van der Waals surface area contributed by atoms with Gasteiger partial charge in [0.1, 0.15) is 11.6 Å². The molecule has 0 radical (unpaired) electrons. The van der Waals surface area contributed by atoms with Gasteiger partial charge in [-0.2, -0.15) is 5.10 Å². The third kappa shape index (κ3) is 2.78. The summed E-state index contributed by atoms with van der Waals surface area (Å²) in [5, 5.41) is 9.21. The smallest absolute Gasteiger partial charge is 0.176 e. The van der Waals surface area contributed by atoms with E-state index in [0.717, 1.165) is 59.9 Å². The number of nitrogens with one attached hydrogen (secondary N) is 1. The Morgan fingerprint density at radius 1 is 1.42 bits per heavy atom. The lowest BCUT2D eigenvalue weighted by molar-refractivity contribution is 0.345. The zero-order chi connectivity index (χ0) is 16.5. The van der Waals surface area contributed by atoms with E-state index >= 15 is 0 Å². The average molecular weight is 326 g/mol. The van der Waals surface area contributed by atoms with Crippen LogP contribution in [0.25, 0.3) is 11.0 Å². The number of furan rings is 1. The van der Waals surface area contributed by atoms with Crippen LogP contribution in [0.3, 0.4) is 0 Å². The molecular formula is C18H22N4O2. The molecule has 0 saturated carbocycles. The summed E-state index contributed by atoms with van der Waals surface area (Å²) in [6, 6.07) is 8.40. The second-order valence-corrected chi connectivity index (χ2v) is 6.19. The van der Waals surface area contributed by atoms with Crippen LogP contribution in [0.4, 0.5) is 0 Å². The Bertz CT molecular complexity index is 852. The first-order valence-electron chi connectivity index (χ1n) is 8.48. The molecule has 0 aliphatic carbocycles. The molecule has 0 amide bonds. The number of methoxy groups -OCH3 is 1. The van der Waals surface area contributed by atoms with Crippen molar-refractivity contribution in [3.8, 4) is 5.75 Å². The fourth-order valence-corrected chi connectivity index (χ4v) is 3.26. The van der Waals surface area contributed by atoms with Crippen LogP contribution in [0.1, 0.15) is 30.8 Å². The first-order chi connectivity index (χ1) is 11.8. The highest BCUT2D eigenvalue weighted by Gasteiger charge is 2.21. The number of rotatable bonds is 5. The summed E-state index contributed by atoms with van der Waals surface area (Å²) >= 11 is 0. The number of hydrogen-bond acceptors (Lipinski definition) is 5. The zero-order valence-electron chi connectivity index (χ0n) is 14.1. The number of aryl methyl sites for hydroxylation is 2. The molecular weight excluding hydrogens is 304 g/mol. The second-order valence-electron chi connectivity index (χ2n) is 6.19. The third-order valence-corrected chi connectivity index (χ3v) is 4.56. The minimum atomic E-state index is 0.388. The van der Waals surface area contributed by atoms with Gasteiger partial charge in [-0.15, -0.1) is 0 Å². The van der Waals surface area contributed by atoms with Gasteiger partial charge in [0.25, 0.3) is 0 Å². The molecule has 4 rings (SSSR count). The van der Waals surface area contributed by atoms with E-state index in [1.54, 1.807) is 7.11 Å². The fourth-order valence-electron chi connectivity index (χ4n) is 3.26. The molecule has 1 atom stereocenters. The Morgan fingerprint density at radius 2 is 2.33 bits per heavy atom. The lowest BCUT2D eigenvalue weighted by Crippen LogP contribution is -2.37. The van der Waals surface area contributed by atoms with Crippen molar-refractivity contribution in [1.29, 1.82) is 0 Å². The number of para-hydroxylation sites is 1. The Labute approximate surface area is 140 Å². The van der Waals surface area contributed by atoms with E-state index in [2.05, 4.69) is 28.4 Å². The number of aromatic nitrogens is 3. The van der Waals surface area contributed by atoms with Crippen LogP contribution in [0.15, 0.2) is 28.7 Å². The Balaban J connectivity index is 1.44. The van der Waals surface area contributed by atoms with Crippen molar-refractivity contribution in [3.63, 3.8) is 0 Å². The van der Waals surface area contributed by atoms with Crippen LogP contribution < -0.4 is 10.1 Å². The van der Waals surface area contributed by atoms with Gasteiger partial charge in [-0.1, -0.05) is 19.1 Å². The molecule has 0 spiro atoms. The van der Waals surface area contributed by atoms with Gasteiger partial charge in [-0.05, 0) is 18.6 Å². The van der Waals surface area contributed by atoms with E-state index in [0.29, 0.717) is 12.6 Å². The lowest BCUT2D eigenvalue weighted by Gasteiger charge is -2.23. The van der Waals surface area contributed by atoms with Crippen LogP contribution in [0.5, 0.6) is 5.75 Å². The van der Waals surface area contributed by atoms with Gasteiger partial charge in [0.2, 0.25) is 0 Å². The van der Waals surface area contributed by atoms with Gasteiger partial charge >= 0.3 is 0 Å². The Morgan fingerprint density at radius 3 is 3.17 bits per heavy atom. The number of ether oxygens (including phenoxy) is 1. The molecule has 1 aromatic carbocycles. The SMILES string of the molecule is CCc1nc2n(n1)CC(NCc1cc3cccc(OC)c3o1)CC2. The molecule has 3 aromatic rings. The van der Waals surface area contributed by atoms with Crippen molar-refractivity contribution < 1.29 is 9.15 Å². The number of benzene rings is 1. The minimum absolute atomic E-state index is 0.388. The maximum Gasteiger partial charge on any atom is 0.176 e. The van der Waals surface area contributed by atoms with Gasteiger partial charge in [0.15, 0.2) is 17.2 Å². The molecule has 1 aliphatic rings. The quantitative estimate of drug-likeness (QED) is 0.781. The molecule has 1 aliphatic heterocycles. The topological polar surface area (TPSA) is 65.1 Å². The van der Waals surface area contributed by atoms with Crippen molar-refractivity contribution >= 4 is 11.0 Å². The predicted octanol–water partition coefficient (Wildman–Crippen LogP) is 2.70. The highest BCUT2D eigenvalue weighted by molar-refractivity contribution is 5.83. The fraction of sp³-hybridized carbons (Fsp3) is 0.444. The first-order valence-corrected chi connectivity index (χ1v) is 8.48. The molecule has 0 saturated heterocycles. The zero-order valence-corrected chi connectivity index (χ0v) is 14.1. The summed E-state index contributed by atoms with van der Waals surface area (Å²) < 4.78 is 13.3. The van der Waals surface area contributed by atoms with E-state index < -0.39 is 0 Å². The largest absolute Gasteiger partial charge is 0.493 e. The predicted molar refractivity (Wildman–Crippen MR) is 91.1 cm³/mol. The minimum Gasteiger partial charge on any atom is -0.493 e. The van der Waals surface area contributed by atoms with Gasteiger partial charge in [0, 0.05) is 24.3 Å². The standard InChI is InChI=1S/C18H22N4O2/c1-3-16-20-17-8-7-13(11-22(17)21-16)19-10-14-9-12-5-4-6-15(23-2)18(12)24-14/h4-6,9,13,19H,3,7-8,10-11H2,1-2H3. The lowest BCUT2D eigenvalue weighted by atomic mass is 10.1. The van der Waals surface area contributed by atoms with Crippen LogP contribution in [0, 0.1) is 0 Å². The summed E-state index contributed by atoms with van der Waals surface area (Å²) in [6.07, 6.45) is 2.93. The first kappa shape index (κ1) is 15.2.